The van der Waals surface area contributed by atoms with E-state index in [1.165, 1.54) is 13.2 Å². The number of thiocarbonyl (C=S) groups is 1. The molecule has 0 bridgehead atoms. The van der Waals surface area contributed by atoms with Crippen LogP contribution in [-0.2, 0) is 4.79 Å². The number of anilines is 1. The third-order valence-electron chi connectivity index (χ3n) is 7.52. The van der Waals surface area contributed by atoms with Crippen molar-refractivity contribution >= 4 is 34.6 Å². The molecule has 2 N–H and O–H groups in total. The molecule has 42 heavy (non-hydrogen) atoms. The van der Waals surface area contributed by atoms with Crippen LogP contribution in [0.15, 0.2) is 72.9 Å². The number of methoxy groups -OCH3 is 1. The van der Waals surface area contributed by atoms with Crippen LogP contribution in [0.25, 0.3) is 5.69 Å². The SMILES string of the molecule is COc1ccc(-n2c(C)cc([C@H]3[C@@H](c4ccccn4)NC(=S)N3CCC(=O)Nc3ccc(C)cc3)c2C)c([N+](=O)[O-])c1. The second-order valence-electron chi connectivity index (χ2n) is 10.3. The first-order valence-corrected chi connectivity index (χ1v) is 13.9. The summed E-state index contributed by atoms with van der Waals surface area (Å²) in [6.45, 7) is 6.22. The third-order valence-corrected chi connectivity index (χ3v) is 7.87. The molecule has 3 heterocycles. The van der Waals surface area contributed by atoms with Gasteiger partial charge in [-0.25, -0.2) is 0 Å². The molecule has 216 valence electrons. The molecular weight excluding hydrogens is 552 g/mol. The van der Waals surface area contributed by atoms with Crippen molar-refractivity contribution in [3.05, 3.63) is 111 Å². The summed E-state index contributed by atoms with van der Waals surface area (Å²) in [5.74, 6) is 0.282. The van der Waals surface area contributed by atoms with E-state index >= 15 is 0 Å². The molecule has 0 aliphatic carbocycles. The van der Waals surface area contributed by atoms with E-state index in [4.69, 9.17) is 17.0 Å². The van der Waals surface area contributed by atoms with E-state index in [1.54, 1.807) is 18.3 Å². The van der Waals surface area contributed by atoms with Gasteiger partial charge in [-0.3, -0.25) is 19.9 Å². The lowest BCUT2D eigenvalue weighted by atomic mass is 9.96. The van der Waals surface area contributed by atoms with Crippen LogP contribution in [0.3, 0.4) is 0 Å². The largest absolute Gasteiger partial charge is 0.496 e. The summed E-state index contributed by atoms with van der Waals surface area (Å²) in [7, 11) is 1.48. The van der Waals surface area contributed by atoms with Gasteiger partial charge in [0.25, 0.3) is 5.69 Å². The lowest BCUT2D eigenvalue weighted by molar-refractivity contribution is -0.384. The average molecular weight is 585 g/mol. The maximum Gasteiger partial charge on any atom is 0.296 e. The molecule has 0 spiro atoms. The van der Waals surface area contributed by atoms with Crippen molar-refractivity contribution in [1.29, 1.82) is 0 Å². The van der Waals surface area contributed by atoms with Crippen molar-refractivity contribution in [3.63, 3.8) is 0 Å². The fraction of sp³-hybridized carbons (Fsp3) is 0.258. The smallest absolute Gasteiger partial charge is 0.296 e. The monoisotopic (exact) mass is 584 g/mol. The van der Waals surface area contributed by atoms with Crippen LogP contribution in [-0.4, -0.2) is 44.0 Å². The highest BCUT2D eigenvalue weighted by Crippen LogP contribution is 2.42. The summed E-state index contributed by atoms with van der Waals surface area (Å²) >= 11 is 5.79. The van der Waals surface area contributed by atoms with Gasteiger partial charge in [0.05, 0.1) is 35.9 Å². The number of amides is 1. The zero-order valence-electron chi connectivity index (χ0n) is 23.8. The number of hydrogen-bond acceptors (Lipinski definition) is 6. The zero-order valence-corrected chi connectivity index (χ0v) is 24.6. The Morgan fingerprint density at radius 1 is 1.12 bits per heavy atom. The van der Waals surface area contributed by atoms with Crippen LogP contribution in [0.5, 0.6) is 5.75 Å². The Labute approximate surface area is 249 Å². The number of nitro benzene ring substituents is 1. The van der Waals surface area contributed by atoms with Gasteiger partial charge in [-0.15, -0.1) is 0 Å². The van der Waals surface area contributed by atoms with Gasteiger partial charge in [-0.2, -0.15) is 0 Å². The number of aromatic nitrogens is 2. The minimum Gasteiger partial charge on any atom is -0.496 e. The van der Waals surface area contributed by atoms with Crippen LogP contribution in [0.1, 0.15) is 46.7 Å². The van der Waals surface area contributed by atoms with Gasteiger partial charge in [-0.05, 0) is 81.0 Å². The van der Waals surface area contributed by atoms with Gasteiger partial charge in [-0.1, -0.05) is 23.8 Å². The topological polar surface area (TPSA) is 115 Å². The van der Waals surface area contributed by atoms with Crippen molar-refractivity contribution in [3.8, 4) is 11.4 Å². The molecule has 10 nitrogen and oxygen atoms in total. The second kappa shape index (κ2) is 12.0. The fourth-order valence-electron chi connectivity index (χ4n) is 5.49. The fourth-order valence-corrected chi connectivity index (χ4v) is 5.82. The predicted molar refractivity (Wildman–Crippen MR) is 165 cm³/mol. The van der Waals surface area contributed by atoms with Gasteiger partial charge in [0.1, 0.15) is 11.4 Å². The Bertz CT molecular complexity index is 1640. The number of carbonyl (C=O) groups excluding carboxylic acids is 1. The highest BCUT2D eigenvalue weighted by atomic mass is 32.1. The summed E-state index contributed by atoms with van der Waals surface area (Å²) in [6, 6.07) is 19.6. The maximum absolute atomic E-state index is 12.9. The quantitative estimate of drug-likeness (QED) is 0.146. The van der Waals surface area contributed by atoms with Gasteiger partial charge in [0.15, 0.2) is 5.11 Å². The summed E-state index contributed by atoms with van der Waals surface area (Å²) in [5.41, 5.74) is 5.61. The van der Waals surface area contributed by atoms with Crippen molar-refractivity contribution in [1.82, 2.24) is 19.8 Å². The van der Waals surface area contributed by atoms with E-state index in [2.05, 4.69) is 15.6 Å². The van der Waals surface area contributed by atoms with E-state index in [9.17, 15) is 14.9 Å². The minimum atomic E-state index is -0.404. The number of aryl methyl sites for hydroxylation is 2. The molecular formula is C31H32N6O4S. The van der Waals surface area contributed by atoms with E-state index in [1.807, 2.05) is 78.8 Å². The molecule has 2 aromatic heterocycles. The van der Waals surface area contributed by atoms with E-state index in [-0.39, 0.29) is 30.1 Å². The summed E-state index contributed by atoms with van der Waals surface area (Å²) in [5, 5.41) is 18.9. The Kier molecular flexibility index (Phi) is 8.21. The molecule has 1 aliphatic rings. The molecule has 0 radical (unpaired) electrons. The molecule has 2 atom stereocenters. The van der Waals surface area contributed by atoms with Gasteiger partial charge >= 0.3 is 0 Å². The van der Waals surface area contributed by atoms with Gasteiger partial charge < -0.3 is 24.8 Å². The number of rotatable bonds is 9. The molecule has 11 heteroatoms. The average Bonchev–Trinajstić information content (AvgIpc) is 3.47. The van der Waals surface area contributed by atoms with E-state index < -0.39 is 4.92 Å². The molecule has 0 unspecified atom stereocenters. The first-order valence-electron chi connectivity index (χ1n) is 13.5. The lowest BCUT2D eigenvalue weighted by Crippen LogP contribution is -2.32. The van der Waals surface area contributed by atoms with Gasteiger partial charge in [0, 0.05) is 36.2 Å². The lowest BCUT2D eigenvalue weighted by Gasteiger charge is -2.28. The molecule has 1 saturated heterocycles. The number of hydrogen-bond donors (Lipinski definition) is 2. The molecule has 1 amide bonds. The van der Waals surface area contributed by atoms with E-state index in [0.29, 0.717) is 23.1 Å². The van der Waals surface area contributed by atoms with Crippen LogP contribution >= 0.6 is 12.2 Å². The molecule has 0 saturated carbocycles. The number of ether oxygens (including phenoxy) is 1. The standard InChI is InChI=1S/C31H32N6O4S/c1-19-8-10-22(11-9-19)33-28(38)14-16-35-30(29(34-31(35)42)25-7-5-6-15-32-25)24-17-20(2)36(21(24)3)26-13-12-23(41-4)18-27(26)37(39)40/h5-13,15,17-18,29-30H,14,16H2,1-4H3,(H,33,38)(H,34,42)/t29-,30+/m1/s1. The summed E-state index contributed by atoms with van der Waals surface area (Å²) < 4.78 is 7.12. The first kappa shape index (κ1) is 28.7. The van der Waals surface area contributed by atoms with Crippen LogP contribution in [0.4, 0.5) is 11.4 Å². The van der Waals surface area contributed by atoms with Gasteiger partial charge in [0.2, 0.25) is 5.91 Å². The minimum absolute atomic E-state index is 0.0614. The number of pyridine rings is 1. The van der Waals surface area contributed by atoms with Crippen molar-refractivity contribution < 1.29 is 14.5 Å². The van der Waals surface area contributed by atoms with Crippen LogP contribution < -0.4 is 15.4 Å². The molecule has 2 aromatic carbocycles. The van der Waals surface area contributed by atoms with Crippen molar-refractivity contribution in [2.24, 2.45) is 0 Å². The highest BCUT2D eigenvalue weighted by molar-refractivity contribution is 7.80. The molecule has 4 aromatic rings. The molecule has 1 fully saturated rings. The number of nitro groups is 1. The normalized spacial score (nSPS) is 16.3. The van der Waals surface area contributed by atoms with Crippen LogP contribution in [0, 0.1) is 30.9 Å². The maximum atomic E-state index is 12.9. The Morgan fingerprint density at radius 3 is 2.55 bits per heavy atom. The summed E-state index contributed by atoms with van der Waals surface area (Å²) in [4.78, 5) is 31.2. The Balaban J connectivity index is 1.51. The third kappa shape index (κ3) is 5.68. The highest BCUT2D eigenvalue weighted by Gasteiger charge is 2.41. The molecule has 1 aliphatic heterocycles. The number of nitrogens with one attached hydrogen (secondary N) is 2. The van der Waals surface area contributed by atoms with E-state index in [0.717, 1.165) is 33.9 Å². The Hall–Kier alpha value is -4.77. The summed E-state index contributed by atoms with van der Waals surface area (Å²) in [6.07, 6.45) is 1.95. The van der Waals surface area contributed by atoms with Crippen molar-refractivity contribution in [2.45, 2.75) is 39.3 Å². The Morgan fingerprint density at radius 2 is 1.88 bits per heavy atom. The first-order chi connectivity index (χ1) is 20.2. The molecule has 5 rings (SSSR count). The second-order valence-corrected chi connectivity index (χ2v) is 10.6. The number of nitrogens with zero attached hydrogens (tertiary/aromatic N) is 4. The predicted octanol–water partition coefficient (Wildman–Crippen LogP) is 5.72. The van der Waals surface area contributed by atoms with Crippen molar-refractivity contribution in [2.75, 3.05) is 19.0 Å². The number of benzene rings is 2. The number of carbonyl (C=O) groups is 1. The van der Waals surface area contributed by atoms with Crippen LogP contribution in [0.2, 0.25) is 0 Å². The zero-order chi connectivity index (χ0) is 30.0.